The van der Waals surface area contributed by atoms with Gasteiger partial charge in [0.15, 0.2) is 0 Å². The second kappa shape index (κ2) is 5.11. The van der Waals surface area contributed by atoms with Gasteiger partial charge in [-0.1, -0.05) is 13.8 Å². The van der Waals surface area contributed by atoms with Crippen LogP contribution in [0.2, 0.25) is 0 Å². The van der Waals surface area contributed by atoms with Gasteiger partial charge >= 0.3 is 0 Å². The Morgan fingerprint density at radius 1 is 1.50 bits per heavy atom. The van der Waals surface area contributed by atoms with E-state index in [1.165, 1.54) is 6.07 Å². The number of aromatic hydroxyl groups is 1. The zero-order valence-corrected chi connectivity index (χ0v) is 11.5. The molecule has 1 amide bonds. The number of nitro groups is 1. The number of nitrogens with one attached hydrogen (secondary N) is 1. The minimum atomic E-state index is -0.621. The highest BCUT2D eigenvalue weighted by atomic mass is 16.6. The number of nitrogens with zero attached hydrogens (tertiary/aromatic N) is 1. The van der Waals surface area contributed by atoms with Gasteiger partial charge in [0.25, 0.3) is 11.6 Å². The molecule has 1 saturated carbocycles. The molecule has 2 N–H and O–H groups in total. The molecule has 0 bridgehead atoms. The molecule has 108 valence electrons. The van der Waals surface area contributed by atoms with Crippen molar-refractivity contribution < 1.29 is 14.8 Å². The van der Waals surface area contributed by atoms with Crippen LogP contribution in [0.3, 0.4) is 0 Å². The minimum absolute atomic E-state index is 0.102. The Hall–Kier alpha value is -2.11. The zero-order valence-electron chi connectivity index (χ0n) is 11.5. The maximum absolute atomic E-state index is 12.1. The minimum Gasteiger partial charge on any atom is -0.508 e. The Kier molecular flexibility index (Phi) is 3.65. The molecule has 0 aliphatic heterocycles. The average Bonchev–Trinajstić information content (AvgIpc) is 3.16. The molecule has 1 aromatic rings. The number of phenols is 1. The summed E-state index contributed by atoms with van der Waals surface area (Å²) in [7, 11) is 0. The van der Waals surface area contributed by atoms with Crippen LogP contribution in [0.5, 0.6) is 5.75 Å². The highest BCUT2D eigenvalue weighted by Gasteiger charge is 2.45. The molecule has 0 saturated heterocycles. The van der Waals surface area contributed by atoms with Crippen LogP contribution in [0.4, 0.5) is 5.69 Å². The first-order chi connectivity index (χ1) is 9.35. The molecular formula is C14H18N2O4. The molecule has 0 spiro atoms. The molecule has 0 unspecified atom stereocenters. The van der Waals surface area contributed by atoms with Gasteiger partial charge in [0.1, 0.15) is 11.3 Å². The van der Waals surface area contributed by atoms with Gasteiger partial charge in [-0.2, -0.15) is 0 Å². The number of rotatable bonds is 5. The van der Waals surface area contributed by atoms with Crippen molar-refractivity contribution in [1.29, 1.82) is 0 Å². The summed E-state index contributed by atoms with van der Waals surface area (Å²) in [5.74, 6) is -0.216. The normalized spacial score (nSPS) is 15.9. The molecule has 0 heterocycles. The molecule has 1 aliphatic rings. The number of benzene rings is 1. The van der Waals surface area contributed by atoms with E-state index in [1.807, 2.05) is 0 Å². The van der Waals surface area contributed by atoms with Crippen molar-refractivity contribution in [2.45, 2.75) is 26.7 Å². The lowest BCUT2D eigenvalue weighted by Gasteiger charge is -2.19. The third-order valence-electron chi connectivity index (χ3n) is 4.14. The zero-order chi connectivity index (χ0) is 14.9. The maximum atomic E-state index is 12.1. The summed E-state index contributed by atoms with van der Waals surface area (Å²) < 4.78 is 0. The molecule has 6 heteroatoms. The molecule has 20 heavy (non-hydrogen) atoms. The van der Waals surface area contributed by atoms with Crippen molar-refractivity contribution in [2.75, 3.05) is 6.54 Å². The molecule has 0 aromatic heterocycles. The smallest absolute Gasteiger partial charge is 0.282 e. The van der Waals surface area contributed by atoms with Gasteiger partial charge in [-0.05, 0) is 36.3 Å². The first kappa shape index (κ1) is 14.3. The van der Waals surface area contributed by atoms with E-state index in [4.69, 9.17) is 0 Å². The fraction of sp³-hybridized carbons (Fsp3) is 0.500. The van der Waals surface area contributed by atoms with Crippen LogP contribution in [-0.4, -0.2) is 22.5 Å². The van der Waals surface area contributed by atoms with E-state index >= 15 is 0 Å². The Bertz CT molecular complexity index is 550. The predicted molar refractivity (Wildman–Crippen MR) is 73.6 cm³/mol. The molecule has 1 fully saturated rings. The largest absolute Gasteiger partial charge is 0.508 e. The summed E-state index contributed by atoms with van der Waals surface area (Å²) in [6.07, 6.45) is 2.13. The Morgan fingerprint density at radius 2 is 2.15 bits per heavy atom. The van der Waals surface area contributed by atoms with Crippen LogP contribution in [0, 0.1) is 21.4 Å². The van der Waals surface area contributed by atoms with Gasteiger partial charge in [0, 0.05) is 12.6 Å². The average molecular weight is 278 g/mol. The molecule has 1 aliphatic carbocycles. The summed E-state index contributed by atoms with van der Waals surface area (Å²) in [4.78, 5) is 22.4. The molecular weight excluding hydrogens is 260 g/mol. The summed E-state index contributed by atoms with van der Waals surface area (Å²) in [6, 6.07) is 3.47. The Balaban J connectivity index is 2.13. The first-order valence-corrected chi connectivity index (χ1v) is 6.61. The second-order valence-electron chi connectivity index (χ2n) is 5.66. The number of nitro benzene ring substituents is 1. The lowest BCUT2D eigenvalue weighted by Crippen LogP contribution is -2.32. The fourth-order valence-corrected chi connectivity index (χ4v) is 2.34. The number of carbonyl (C=O) groups excluding carboxylic acids is 1. The predicted octanol–water partition coefficient (Wildman–Crippen LogP) is 2.47. The highest BCUT2D eigenvalue weighted by molar-refractivity contribution is 5.98. The van der Waals surface area contributed by atoms with Crippen molar-refractivity contribution in [3.8, 4) is 5.75 Å². The summed E-state index contributed by atoms with van der Waals surface area (Å²) in [5.41, 5.74) is -0.273. The van der Waals surface area contributed by atoms with Crippen LogP contribution in [-0.2, 0) is 0 Å². The van der Waals surface area contributed by atoms with Crippen LogP contribution in [0.15, 0.2) is 18.2 Å². The summed E-state index contributed by atoms with van der Waals surface area (Å²) >= 11 is 0. The lowest BCUT2D eigenvalue weighted by atomic mass is 9.92. The summed E-state index contributed by atoms with van der Waals surface area (Å²) in [6.45, 7) is 4.72. The van der Waals surface area contributed by atoms with Crippen LogP contribution in [0.25, 0.3) is 0 Å². The number of phenolic OH excluding ortho intramolecular Hbond substituents is 1. The molecule has 6 nitrogen and oxygen atoms in total. The van der Waals surface area contributed by atoms with E-state index in [-0.39, 0.29) is 22.4 Å². The number of hydrogen-bond donors (Lipinski definition) is 2. The molecule has 0 atom stereocenters. The summed E-state index contributed by atoms with van der Waals surface area (Å²) in [5, 5.41) is 23.0. The third-order valence-corrected chi connectivity index (χ3v) is 4.14. The van der Waals surface area contributed by atoms with Crippen LogP contribution >= 0.6 is 0 Å². The van der Waals surface area contributed by atoms with Crippen molar-refractivity contribution in [1.82, 2.24) is 5.32 Å². The van der Waals surface area contributed by atoms with Gasteiger partial charge < -0.3 is 10.4 Å². The van der Waals surface area contributed by atoms with Gasteiger partial charge in [0.05, 0.1) is 4.92 Å². The van der Waals surface area contributed by atoms with Crippen molar-refractivity contribution in [2.24, 2.45) is 11.3 Å². The quantitative estimate of drug-likeness (QED) is 0.639. The van der Waals surface area contributed by atoms with Gasteiger partial charge in [-0.3, -0.25) is 14.9 Å². The molecule has 0 radical (unpaired) electrons. The highest BCUT2D eigenvalue weighted by Crippen LogP contribution is 2.51. The maximum Gasteiger partial charge on any atom is 0.282 e. The van der Waals surface area contributed by atoms with Crippen molar-refractivity contribution in [3.63, 3.8) is 0 Å². The van der Waals surface area contributed by atoms with Crippen LogP contribution < -0.4 is 5.32 Å². The van der Waals surface area contributed by atoms with Gasteiger partial charge in [-0.15, -0.1) is 0 Å². The Labute approximate surface area is 117 Å². The lowest BCUT2D eigenvalue weighted by molar-refractivity contribution is -0.385. The van der Waals surface area contributed by atoms with E-state index < -0.39 is 10.8 Å². The van der Waals surface area contributed by atoms with E-state index in [1.54, 1.807) is 0 Å². The number of carbonyl (C=O) groups is 1. The van der Waals surface area contributed by atoms with Crippen LogP contribution in [0.1, 0.15) is 37.0 Å². The van der Waals surface area contributed by atoms with E-state index in [0.717, 1.165) is 25.0 Å². The third kappa shape index (κ3) is 2.74. The van der Waals surface area contributed by atoms with E-state index in [9.17, 15) is 20.0 Å². The standard InChI is InChI=1S/C14H18N2O4/c1-9(2)14(5-6-14)8-15-13(18)11-7-10(17)3-4-12(11)16(19)20/h3-4,7,9,17H,5-6,8H2,1-2H3,(H,15,18). The monoisotopic (exact) mass is 278 g/mol. The molecule has 2 rings (SSSR count). The van der Waals surface area contributed by atoms with Gasteiger partial charge in [0.2, 0.25) is 0 Å². The van der Waals surface area contributed by atoms with Gasteiger partial charge in [-0.25, -0.2) is 0 Å². The number of hydrogen-bond acceptors (Lipinski definition) is 4. The second-order valence-corrected chi connectivity index (χ2v) is 5.66. The SMILES string of the molecule is CC(C)C1(CNC(=O)c2cc(O)ccc2[N+](=O)[O-])CC1. The fourth-order valence-electron chi connectivity index (χ4n) is 2.34. The first-order valence-electron chi connectivity index (χ1n) is 6.61. The Morgan fingerprint density at radius 3 is 2.65 bits per heavy atom. The van der Waals surface area contributed by atoms with Crippen molar-refractivity contribution >= 4 is 11.6 Å². The van der Waals surface area contributed by atoms with E-state index in [0.29, 0.717) is 12.5 Å². The molecule has 1 aromatic carbocycles. The van der Waals surface area contributed by atoms with E-state index in [2.05, 4.69) is 19.2 Å². The number of amides is 1. The topological polar surface area (TPSA) is 92.5 Å². The van der Waals surface area contributed by atoms with Crippen molar-refractivity contribution in [3.05, 3.63) is 33.9 Å².